The zero-order valence-corrected chi connectivity index (χ0v) is 17.1. The van der Waals surface area contributed by atoms with Crippen molar-refractivity contribution in [2.24, 2.45) is 0 Å². The van der Waals surface area contributed by atoms with Crippen LogP contribution in [0.3, 0.4) is 0 Å². The summed E-state index contributed by atoms with van der Waals surface area (Å²) in [6.07, 6.45) is 0. The second-order valence-electron chi connectivity index (χ2n) is 5.87. The fourth-order valence-corrected chi connectivity index (χ4v) is 3.18. The fraction of sp³-hybridized carbons (Fsp3) is 0.190. The number of methoxy groups -OCH3 is 1. The fourth-order valence-electron chi connectivity index (χ4n) is 2.69. The Balaban J connectivity index is 1.87. The molecule has 1 heterocycles. The minimum Gasteiger partial charge on any atom is -0.495 e. The Labute approximate surface area is 171 Å². The van der Waals surface area contributed by atoms with Crippen LogP contribution in [0.15, 0.2) is 57.4 Å². The van der Waals surface area contributed by atoms with E-state index >= 15 is 0 Å². The standard InChI is InChI=1S/C21H20BrNO5/c1-3-27-19-7-5-14(10-16(19)22)21(25)23-17-11-13(4-8-20(17)26-2)18-9-6-15(12-24)28-18/h4-11,24H,3,12H2,1-2H3,(H,23,25). The van der Waals surface area contributed by atoms with Crippen molar-refractivity contribution >= 4 is 27.5 Å². The summed E-state index contributed by atoms with van der Waals surface area (Å²) >= 11 is 3.42. The Kier molecular flexibility index (Phi) is 6.38. The quantitative estimate of drug-likeness (QED) is 0.542. The minimum absolute atomic E-state index is 0.174. The minimum atomic E-state index is -0.283. The topological polar surface area (TPSA) is 80.9 Å². The first kappa shape index (κ1) is 20.0. The molecule has 0 saturated carbocycles. The summed E-state index contributed by atoms with van der Waals surface area (Å²) in [5.41, 5.74) is 1.74. The van der Waals surface area contributed by atoms with Crippen LogP contribution in [0.4, 0.5) is 5.69 Å². The van der Waals surface area contributed by atoms with Crippen LogP contribution in [0.2, 0.25) is 0 Å². The number of hydrogen-bond donors (Lipinski definition) is 2. The zero-order chi connectivity index (χ0) is 20.1. The number of furan rings is 1. The zero-order valence-electron chi connectivity index (χ0n) is 15.5. The molecule has 0 bridgehead atoms. The van der Waals surface area contributed by atoms with E-state index < -0.39 is 0 Å². The summed E-state index contributed by atoms with van der Waals surface area (Å²) in [5.74, 6) is 1.98. The SMILES string of the molecule is CCOc1ccc(C(=O)Nc2cc(-c3ccc(CO)o3)ccc2OC)cc1Br. The number of ether oxygens (including phenoxy) is 2. The molecule has 0 aliphatic carbocycles. The highest BCUT2D eigenvalue weighted by Gasteiger charge is 2.14. The molecule has 0 unspecified atom stereocenters. The van der Waals surface area contributed by atoms with Gasteiger partial charge in [-0.3, -0.25) is 4.79 Å². The smallest absolute Gasteiger partial charge is 0.255 e. The van der Waals surface area contributed by atoms with Crippen LogP contribution in [-0.2, 0) is 6.61 Å². The molecule has 0 fully saturated rings. The molecule has 0 aliphatic rings. The number of nitrogens with one attached hydrogen (secondary N) is 1. The molecular weight excluding hydrogens is 426 g/mol. The van der Waals surface area contributed by atoms with Gasteiger partial charge in [0.15, 0.2) is 0 Å². The van der Waals surface area contributed by atoms with Crippen LogP contribution >= 0.6 is 15.9 Å². The molecule has 1 amide bonds. The van der Waals surface area contributed by atoms with Gasteiger partial charge in [-0.1, -0.05) is 0 Å². The molecule has 146 valence electrons. The molecule has 0 atom stereocenters. The Hall–Kier alpha value is -2.77. The maximum atomic E-state index is 12.7. The van der Waals surface area contributed by atoms with Crippen LogP contribution in [0.25, 0.3) is 11.3 Å². The third-order valence-electron chi connectivity index (χ3n) is 4.04. The second-order valence-corrected chi connectivity index (χ2v) is 6.73. The van der Waals surface area contributed by atoms with E-state index in [-0.39, 0.29) is 12.5 Å². The number of benzene rings is 2. The number of anilines is 1. The second kappa shape index (κ2) is 8.95. The van der Waals surface area contributed by atoms with Crippen molar-refractivity contribution in [1.82, 2.24) is 0 Å². The van der Waals surface area contributed by atoms with Gasteiger partial charge in [0.2, 0.25) is 0 Å². The maximum Gasteiger partial charge on any atom is 0.255 e. The van der Waals surface area contributed by atoms with E-state index in [1.165, 1.54) is 7.11 Å². The van der Waals surface area contributed by atoms with Crippen molar-refractivity contribution in [2.75, 3.05) is 19.0 Å². The average molecular weight is 446 g/mol. The summed E-state index contributed by atoms with van der Waals surface area (Å²) in [7, 11) is 1.54. The van der Waals surface area contributed by atoms with Crippen LogP contribution in [0.1, 0.15) is 23.0 Å². The lowest BCUT2D eigenvalue weighted by atomic mass is 10.1. The van der Waals surface area contributed by atoms with Crippen LogP contribution in [-0.4, -0.2) is 24.7 Å². The first-order valence-corrected chi connectivity index (χ1v) is 9.46. The first-order chi connectivity index (χ1) is 13.5. The first-order valence-electron chi connectivity index (χ1n) is 8.67. The lowest BCUT2D eigenvalue weighted by Gasteiger charge is -2.12. The van der Waals surface area contributed by atoms with Gasteiger partial charge in [-0.05, 0) is 71.4 Å². The average Bonchev–Trinajstić information content (AvgIpc) is 3.19. The van der Waals surface area contributed by atoms with E-state index in [4.69, 9.17) is 13.9 Å². The van der Waals surface area contributed by atoms with Crippen molar-refractivity contribution in [3.8, 4) is 22.8 Å². The predicted octanol–water partition coefficient (Wildman–Crippen LogP) is 4.86. The van der Waals surface area contributed by atoms with Gasteiger partial charge in [0.1, 0.15) is 29.6 Å². The third-order valence-corrected chi connectivity index (χ3v) is 4.66. The number of aliphatic hydroxyl groups is 1. The van der Waals surface area contributed by atoms with Gasteiger partial charge in [0.05, 0.1) is 23.9 Å². The van der Waals surface area contributed by atoms with Gasteiger partial charge in [0, 0.05) is 11.1 Å². The van der Waals surface area contributed by atoms with E-state index in [0.717, 1.165) is 5.56 Å². The maximum absolute atomic E-state index is 12.7. The van der Waals surface area contributed by atoms with Crippen molar-refractivity contribution in [3.63, 3.8) is 0 Å². The number of rotatable bonds is 7. The molecule has 0 aliphatic heterocycles. The number of aliphatic hydroxyl groups excluding tert-OH is 1. The van der Waals surface area contributed by atoms with Gasteiger partial charge in [-0.2, -0.15) is 0 Å². The highest BCUT2D eigenvalue weighted by Crippen LogP contribution is 2.32. The summed E-state index contributed by atoms with van der Waals surface area (Å²) < 4.78 is 17.1. The molecule has 0 spiro atoms. The van der Waals surface area contributed by atoms with Crippen LogP contribution in [0, 0.1) is 0 Å². The Morgan fingerprint density at radius 2 is 1.93 bits per heavy atom. The van der Waals surface area contributed by atoms with Crippen molar-refractivity contribution in [3.05, 3.63) is 64.3 Å². The molecule has 2 N–H and O–H groups in total. The number of carbonyl (C=O) groups excluding carboxylic acids is 1. The Morgan fingerprint density at radius 3 is 2.57 bits per heavy atom. The van der Waals surface area contributed by atoms with E-state index in [1.54, 1.807) is 42.5 Å². The lowest BCUT2D eigenvalue weighted by molar-refractivity contribution is 0.102. The third kappa shape index (κ3) is 4.37. The molecule has 0 radical (unpaired) electrons. The molecule has 28 heavy (non-hydrogen) atoms. The number of halogens is 1. The van der Waals surface area contributed by atoms with Crippen molar-refractivity contribution in [2.45, 2.75) is 13.5 Å². The van der Waals surface area contributed by atoms with Gasteiger partial charge >= 0.3 is 0 Å². The molecule has 0 saturated heterocycles. The summed E-state index contributed by atoms with van der Waals surface area (Å²) in [5, 5.41) is 12.0. The van der Waals surface area contributed by atoms with Crippen molar-refractivity contribution < 1.29 is 23.8 Å². The van der Waals surface area contributed by atoms with Crippen LogP contribution in [0.5, 0.6) is 11.5 Å². The summed E-state index contributed by atoms with van der Waals surface area (Å²) in [6.45, 7) is 2.26. The molecule has 3 aromatic rings. The molecule has 3 rings (SSSR count). The van der Waals surface area contributed by atoms with E-state index in [2.05, 4.69) is 21.2 Å². The molecule has 7 heteroatoms. The van der Waals surface area contributed by atoms with Gasteiger partial charge in [0.25, 0.3) is 5.91 Å². The normalized spacial score (nSPS) is 10.6. The molecular formula is C21H20BrNO5. The number of amides is 1. The predicted molar refractivity (Wildman–Crippen MR) is 110 cm³/mol. The summed E-state index contributed by atoms with van der Waals surface area (Å²) in [4.78, 5) is 12.7. The van der Waals surface area contributed by atoms with E-state index in [9.17, 15) is 9.90 Å². The molecule has 1 aromatic heterocycles. The van der Waals surface area contributed by atoms with Gasteiger partial charge < -0.3 is 24.3 Å². The summed E-state index contributed by atoms with van der Waals surface area (Å²) in [6, 6.07) is 14.0. The highest BCUT2D eigenvalue weighted by atomic mass is 79.9. The Bertz CT molecular complexity index is 983. The monoisotopic (exact) mass is 445 g/mol. The molecule has 6 nitrogen and oxygen atoms in total. The number of carbonyl (C=O) groups is 1. The number of hydrogen-bond acceptors (Lipinski definition) is 5. The van der Waals surface area contributed by atoms with Crippen LogP contribution < -0.4 is 14.8 Å². The van der Waals surface area contributed by atoms with E-state index in [1.807, 2.05) is 13.0 Å². The molecule has 2 aromatic carbocycles. The Morgan fingerprint density at radius 1 is 1.14 bits per heavy atom. The lowest BCUT2D eigenvalue weighted by Crippen LogP contribution is -2.13. The van der Waals surface area contributed by atoms with E-state index in [0.29, 0.717) is 45.3 Å². The van der Waals surface area contributed by atoms with Gasteiger partial charge in [-0.15, -0.1) is 0 Å². The van der Waals surface area contributed by atoms with Gasteiger partial charge in [-0.25, -0.2) is 0 Å². The largest absolute Gasteiger partial charge is 0.495 e. The van der Waals surface area contributed by atoms with Crippen molar-refractivity contribution in [1.29, 1.82) is 0 Å². The highest BCUT2D eigenvalue weighted by molar-refractivity contribution is 9.10.